The van der Waals surface area contributed by atoms with Crippen LogP contribution in [0.15, 0.2) is 133 Å². The van der Waals surface area contributed by atoms with Crippen molar-refractivity contribution in [2.24, 2.45) is 11.3 Å². The minimum atomic E-state index is -3.15. The maximum atomic E-state index is 15.6. The summed E-state index contributed by atoms with van der Waals surface area (Å²) >= 11 is 0. The van der Waals surface area contributed by atoms with Gasteiger partial charge in [0.2, 0.25) is 5.91 Å². The van der Waals surface area contributed by atoms with Crippen LogP contribution in [0.25, 0.3) is 0 Å². The lowest BCUT2D eigenvalue weighted by Gasteiger charge is -2.50. The number of carbonyl (C=O) groups is 4. The number of likely N-dealkylation sites (tertiary alicyclic amines) is 2. The number of methoxy groups -OCH3 is 1. The molecule has 1 spiro atoms. The van der Waals surface area contributed by atoms with Crippen LogP contribution in [0.2, 0.25) is 10.1 Å². The molecule has 0 radical (unpaired) electrons. The topological polar surface area (TPSA) is 112 Å². The zero-order valence-electron chi connectivity index (χ0n) is 41.9. The fraction of sp³-hybridized carbons (Fsp3) is 0.464. The SMILES string of the molecule is COC(=O)C1=CC(=O)[C@@H]2N(C(=O)OC(C)(C)C)[C@@H](CO[Si](c3ccccc3)(c3ccccc3)C(C)(C)C)C[C@@]23C(=O)N(CCCCCO[Si](c2ccccc2)(c2ccccc2)C(C)(C)C)CC[C@@H]13. The Morgan fingerprint density at radius 2 is 1.13 bits per heavy atom. The summed E-state index contributed by atoms with van der Waals surface area (Å²) in [5, 5.41) is 4.07. The first kappa shape index (κ1) is 50.7. The number of hydrogen-bond acceptors (Lipinski definition) is 8. The van der Waals surface area contributed by atoms with Gasteiger partial charge in [0.15, 0.2) is 5.78 Å². The van der Waals surface area contributed by atoms with Crippen molar-refractivity contribution in [3.63, 3.8) is 0 Å². The summed E-state index contributed by atoms with van der Waals surface area (Å²) < 4.78 is 26.0. The van der Waals surface area contributed by atoms with Gasteiger partial charge in [-0.1, -0.05) is 163 Å². The van der Waals surface area contributed by atoms with Gasteiger partial charge in [0.05, 0.1) is 25.2 Å². The van der Waals surface area contributed by atoms with Crippen LogP contribution < -0.4 is 20.7 Å². The van der Waals surface area contributed by atoms with Crippen molar-refractivity contribution in [3.05, 3.63) is 133 Å². The Morgan fingerprint density at radius 1 is 0.662 bits per heavy atom. The molecular formula is C56H72N2O8Si2. The van der Waals surface area contributed by atoms with Crippen molar-refractivity contribution in [2.75, 3.05) is 33.4 Å². The second kappa shape index (κ2) is 20.1. The Balaban J connectivity index is 1.19. The number of unbranched alkanes of at least 4 members (excludes halogenated alkanes) is 2. The molecule has 362 valence electrons. The molecule has 10 nitrogen and oxygen atoms in total. The normalized spacial score (nSPS) is 21.2. The fourth-order valence-corrected chi connectivity index (χ4v) is 20.8. The number of amides is 2. The highest BCUT2D eigenvalue weighted by atomic mass is 28.4. The Bertz CT molecular complexity index is 2350. The maximum Gasteiger partial charge on any atom is 0.411 e. The van der Waals surface area contributed by atoms with Gasteiger partial charge in [-0.15, -0.1) is 0 Å². The fourth-order valence-electron chi connectivity index (χ4n) is 11.6. The number of hydrogen-bond donors (Lipinski definition) is 0. The molecule has 2 amide bonds. The predicted octanol–water partition coefficient (Wildman–Crippen LogP) is 8.20. The first-order valence-electron chi connectivity index (χ1n) is 24.4. The highest BCUT2D eigenvalue weighted by Gasteiger charge is 2.69. The van der Waals surface area contributed by atoms with E-state index in [0.717, 1.165) is 23.2 Å². The molecular weight excluding hydrogens is 885 g/mol. The molecule has 3 aliphatic rings. The molecule has 4 aromatic carbocycles. The molecule has 0 saturated carbocycles. The number of piperidine rings is 1. The van der Waals surface area contributed by atoms with E-state index in [-0.39, 0.29) is 34.6 Å². The van der Waals surface area contributed by atoms with Gasteiger partial charge in [0, 0.05) is 31.2 Å². The molecule has 0 aromatic heterocycles. The summed E-state index contributed by atoms with van der Waals surface area (Å²) in [6.07, 6.45) is 3.49. The molecule has 7 rings (SSSR count). The third-order valence-corrected chi connectivity index (χ3v) is 24.5. The molecule has 4 atom stereocenters. The van der Waals surface area contributed by atoms with Crippen LogP contribution in [0, 0.1) is 11.3 Å². The molecule has 2 fully saturated rings. The first-order chi connectivity index (χ1) is 32.2. The van der Waals surface area contributed by atoms with E-state index in [2.05, 4.69) is 114 Å². The Morgan fingerprint density at radius 3 is 1.57 bits per heavy atom. The molecule has 2 heterocycles. The number of benzene rings is 4. The van der Waals surface area contributed by atoms with Gasteiger partial charge in [0.1, 0.15) is 11.6 Å². The average Bonchev–Trinajstić information content (AvgIpc) is 3.66. The minimum Gasteiger partial charge on any atom is -0.466 e. The zero-order valence-corrected chi connectivity index (χ0v) is 43.9. The standard InChI is InChI=1S/C56H72N2O8Si2/c1-53(2,3)66-52(62)58-41(40-65-68(55(7,8)9,44-30-20-13-21-31-44)45-32-22-14-23-33-45)39-56-47(46(50(60)63-10)38-48(59)49(56)58)34-36-57(51(56)61)35-24-15-25-37-64-67(54(4,5)6,42-26-16-11-17-27-42)43-28-18-12-19-29-43/h11-14,16-23,26-33,38,41,47,49H,15,24-25,34-37,39-40H2,1-10H3/t41-,47+,49+,56+/m1/s1. The van der Waals surface area contributed by atoms with Crippen LogP contribution >= 0.6 is 0 Å². The van der Waals surface area contributed by atoms with Crippen LogP contribution in [0.4, 0.5) is 4.79 Å². The van der Waals surface area contributed by atoms with Crippen LogP contribution in [0.1, 0.15) is 94.4 Å². The number of rotatable bonds is 15. The van der Waals surface area contributed by atoms with E-state index >= 15 is 4.79 Å². The third-order valence-electron chi connectivity index (χ3n) is 14.4. The van der Waals surface area contributed by atoms with Crippen LogP contribution in [-0.4, -0.2) is 101 Å². The quantitative estimate of drug-likeness (QED) is 0.0667. The number of esters is 1. The highest BCUT2D eigenvalue weighted by molar-refractivity contribution is 7.00. The molecule has 0 bridgehead atoms. The summed E-state index contributed by atoms with van der Waals surface area (Å²) in [5.74, 6) is -2.02. The average molecular weight is 957 g/mol. The lowest BCUT2D eigenvalue weighted by molar-refractivity contribution is -0.157. The van der Waals surface area contributed by atoms with Crippen molar-refractivity contribution in [2.45, 2.75) is 122 Å². The maximum absolute atomic E-state index is 15.6. The molecule has 4 aromatic rings. The first-order valence-corrected chi connectivity index (χ1v) is 28.2. The smallest absolute Gasteiger partial charge is 0.411 e. The van der Waals surface area contributed by atoms with Gasteiger partial charge in [-0.05, 0) is 89.8 Å². The van der Waals surface area contributed by atoms with E-state index in [1.165, 1.54) is 28.5 Å². The molecule has 0 N–H and O–H groups in total. The number of nitrogens with zero attached hydrogens (tertiary/aromatic N) is 2. The van der Waals surface area contributed by atoms with E-state index in [4.69, 9.17) is 18.3 Å². The van der Waals surface area contributed by atoms with Crippen LogP contribution in [-0.2, 0) is 32.7 Å². The number of carbonyl (C=O) groups excluding carboxylic acids is 4. The monoisotopic (exact) mass is 956 g/mol. The summed E-state index contributed by atoms with van der Waals surface area (Å²) in [4.78, 5) is 62.0. The van der Waals surface area contributed by atoms with Crippen molar-refractivity contribution in [1.82, 2.24) is 9.80 Å². The van der Waals surface area contributed by atoms with Gasteiger partial charge in [-0.2, -0.15) is 0 Å². The van der Waals surface area contributed by atoms with E-state index in [0.29, 0.717) is 32.5 Å². The molecule has 0 unspecified atom stereocenters. The summed E-state index contributed by atoms with van der Waals surface area (Å²) in [5.41, 5.74) is -2.17. The second-order valence-corrected chi connectivity index (χ2v) is 30.5. The van der Waals surface area contributed by atoms with Crippen molar-refractivity contribution in [3.8, 4) is 0 Å². The Hall–Kier alpha value is -5.15. The number of ketones is 1. The van der Waals surface area contributed by atoms with E-state index in [9.17, 15) is 14.4 Å². The Kier molecular flexibility index (Phi) is 15.0. The van der Waals surface area contributed by atoms with E-state index in [1.807, 2.05) is 53.4 Å². The molecule has 68 heavy (non-hydrogen) atoms. The molecule has 2 aliphatic heterocycles. The third kappa shape index (κ3) is 9.45. The van der Waals surface area contributed by atoms with Crippen molar-refractivity contribution >= 4 is 61.1 Å². The Labute approximate surface area is 406 Å². The van der Waals surface area contributed by atoms with Gasteiger partial charge < -0.3 is 23.2 Å². The summed E-state index contributed by atoms with van der Waals surface area (Å²) in [6, 6.07) is 39.8. The highest BCUT2D eigenvalue weighted by Crippen LogP contribution is 2.57. The lowest BCUT2D eigenvalue weighted by Crippen LogP contribution is -2.67. The zero-order chi connectivity index (χ0) is 49.1. The largest absolute Gasteiger partial charge is 0.466 e. The molecule has 1 aliphatic carbocycles. The van der Waals surface area contributed by atoms with Gasteiger partial charge in [-0.25, -0.2) is 9.59 Å². The summed E-state index contributed by atoms with van der Waals surface area (Å²) in [6.45, 7) is 20.2. The minimum absolute atomic E-state index is 0.0386. The predicted molar refractivity (Wildman–Crippen MR) is 273 cm³/mol. The molecule has 2 saturated heterocycles. The van der Waals surface area contributed by atoms with Crippen molar-refractivity contribution in [1.29, 1.82) is 0 Å². The second-order valence-electron chi connectivity index (χ2n) is 21.9. The number of ether oxygens (including phenoxy) is 2. The van der Waals surface area contributed by atoms with E-state index in [1.54, 1.807) is 20.8 Å². The lowest BCUT2D eigenvalue weighted by atomic mass is 9.58. The van der Waals surface area contributed by atoms with Gasteiger partial charge in [-0.3, -0.25) is 14.5 Å². The van der Waals surface area contributed by atoms with Gasteiger partial charge in [0.25, 0.3) is 16.6 Å². The van der Waals surface area contributed by atoms with Gasteiger partial charge >= 0.3 is 12.1 Å². The summed E-state index contributed by atoms with van der Waals surface area (Å²) in [7, 11) is -4.57. The van der Waals surface area contributed by atoms with Crippen LogP contribution in [0.5, 0.6) is 0 Å². The van der Waals surface area contributed by atoms with Crippen LogP contribution in [0.3, 0.4) is 0 Å². The van der Waals surface area contributed by atoms with Crippen molar-refractivity contribution < 1.29 is 37.5 Å². The van der Waals surface area contributed by atoms with E-state index < -0.39 is 63.5 Å². The molecule has 12 heteroatoms.